The summed E-state index contributed by atoms with van der Waals surface area (Å²) in [6.07, 6.45) is 6.46. The minimum atomic E-state index is -1.41. The summed E-state index contributed by atoms with van der Waals surface area (Å²) in [6.45, 7) is 18.3. The van der Waals surface area contributed by atoms with E-state index in [2.05, 4.69) is 32.4 Å². The van der Waals surface area contributed by atoms with Crippen LogP contribution in [0.25, 0.3) is 0 Å². The molecule has 0 radical (unpaired) electrons. The summed E-state index contributed by atoms with van der Waals surface area (Å²) in [6, 6.07) is 0. The number of ether oxygens (including phenoxy) is 3. The van der Waals surface area contributed by atoms with E-state index in [1.807, 2.05) is 13.8 Å². The number of carboxylic acids is 2. The fourth-order valence-corrected chi connectivity index (χ4v) is 3.84. The van der Waals surface area contributed by atoms with Crippen molar-refractivity contribution in [3.8, 4) is 0 Å². The maximum atomic E-state index is 11.4. The summed E-state index contributed by atoms with van der Waals surface area (Å²) in [4.78, 5) is 74.7. The molecule has 0 heterocycles. The quantitative estimate of drug-likeness (QED) is 0.0797. The molecular weight excluding hydrogens is 639 g/mol. The Bertz CT molecular complexity index is 806. The normalized spacial score (nSPS) is 9.70. The number of esters is 3. The van der Waals surface area contributed by atoms with Crippen LogP contribution in [0.5, 0.6) is 0 Å². The fourth-order valence-electron chi connectivity index (χ4n) is 3.84. The second-order valence-corrected chi connectivity index (χ2v) is 10.4. The van der Waals surface area contributed by atoms with E-state index in [1.54, 1.807) is 20.8 Å². The second-order valence-electron chi connectivity index (χ2n) is 10.4. The molecular formula is C34H61KO12. The molecule has 0 atom stereocenters. The van der Waals surface area contributed by atoms with Crippen LogP contribution in [0.15, 0.2) is 0 Å². The molecule has 0 bridgehead atoms. The Morgan fingerprint density at radius 3 is 0.936 bits per heavy atom. The predicted molar refractivity (Wildman–Crippen MR) is 172 cm³/mol. The Morgan fingerprint density at radius 1 is 0.489 bits per heavy atom. The Morgan fingerprint density at radius 2 is 0.745 bits per heavy atom. The van der Waals surface area contributed by atoms with Crippen molar-refractivity contribution < 1.29 is 109 Å². The van der Waals surface area contributed by atoms with Crippen LogP contribution in [0.3, 0.4) is 0 Å². The largest absolute Gasteiger partial charge is 1.00 e. The van der Waals surface area contributed by atoms with Gasteiger partial charge in [-0.2, -0.15) is 0 Å². The molecule has 12 nitrogen and oxygen atoms in total. The van der Waals surface area contributed by atoms with Crippen molar-refractivity contribution in [3.05, 3.63) is 0 Å². The first-order chi connectivity index (χ1) is 21.6. The summed E-state index contributed by atoms with van der Waals surface area (Å²) in [5, 5.41) is 18.0. The second kappa shape index (κ2) is 38.8. The molecule has 0 saturated heterocycles. The molecule has 0 unspecified atom stereocenters. The van der Waals surface area contributed by atoms with Crippen LogP contribution in [0.1, 0.15) is 139 Å². The monoisotopic (exact) mass is 700 g/mol. The number of ketones is 2. The van der Waals surface area contributed by atoms with Crippen LogP contribution in [-0.2, 0) is 47.8 Å². The Hall–Kier alpha value is -1.67. The van der Waals surface area contributed by atoms with E-state index in [0.29, 0.717) is 50.2 Å². The molecule has 0 aromatic carbocycles. The van der Waals surface area contributed by atoms with Gasteiger partial charge in [0.15, 0.2) is 0 Å². The third-order valence-corrected chi connectivity index (χ3v) is 6.85. The number of rotatable bonds is 21. The summed E-state index contributed by atoms with van der Waals surface area (Å²) in [5.74, 6) is -2.44. The molecule has 47 heavy (non-hydrogen) atoms. The summed E-state index contributed by atoms with van der Waals surface area (Å²) in [5.41, 5.74) is 0. The van der Waals surface area contributed by atoms with E-state index in [-0.39, 0.29) is 82.4 Å². The van der Waals surface area contributed by atoms with Gasteiger partial charge in [0.05, 0.1) is 32.2 Å². The molecule has 0 aliphatic heterocycles. The van der Waals surface area contributed by atoms with E-state index in [4.69, 9.17) is 14.6 Å². The zero-order valence-corrected chi connectivity index (χ0v) is 33.9. The summed E-state index contributed by atoms with van der Waals surface area (Å²) >= 11 is 0. The number of hydrogen-bond acceptors (Lipinski definition) is 11. The van der Waals surface area contributed by atoms with Crippen molar-refractivity contribution in [2.75, 3.05) is 19.8 Å². The Balaban J connectivity index is -0.000000169. The first-order valence-corrected chi connectivity index (χ1v) is 16.6. The molecule has 0 aliphatic rings. The molecule has 0 aromatic rings. The predicted octanol–water partition coefficient (Wildman–Crippen LogP) is 2.26. The van der Waals surface area contributed by atoms with Crippen molar-refractivity contribution in [2.45, 2.75) is 139 Å². The number of carbonyl (C=O) groups excluding carboxylic acids is 6. The maximum Gasteiger partial charge on any atom is 1.00 e. The van der Waals surface area contributed by atoms with Crippen LogP contribution in [0.4, 0.5) is 0 Å². The number of carboxylic acid groups (broad SMARTS) is 2. The molecule has 1 N–H and O–H groups in total. The molecule has 0 aliphatic carbocycles. The van der Waals surface area contributed by atoms with Crippen LogP contribution in [0, 0.1) is 17.8 Å². The van der Waals surface area contributed by atoms with E-state index >= 15 is 0 Å². The van der Waals surface area contributed by atoms with Gasteiger partial charge in [0.1, 0.15) is 24.4 Å². The molecule has 0 fully saturated rings. The molecule has 0 amide bonds. The Kier molecular flexibility index (Phi) is 45.2. The summed E-state index contributed by atoms with van der Waals surface area (Å²) < 4.78 is 13.7. The SMILES string of the molecule is CCC(CC)CC(=O)O.CCOC(=O)CC(=O)CC(CC)CC.CCOC(=O)CC(=O)CC(CC)CC.CCOC(=O)CC(=O)[O-].[K+]. The van der Waals surface area contributed by atoms with Gasteiger partial charge in [-0.1, -0.05) is 80.1 Å². The zero-order chi connectivity index (χ0) is 36.5. The topological polar surface area (TPSA) is 190 Å². The minimum Gasteiger partial charge on any atom is -0.550 e. The van der Waals surface area contributed by atoms with Crippen molar-refractivity contribution in [2.24, 2.45) is 17.8 Å². The maximum absolute atomic E-state index is 11.4. The summed E-state index contributed by atoms with van der Waals surface area (Å²) in [7, 11) is 0. The third kappa shape index (κ3) is 42.3. The number of Topliss-reactive ketones (excluding diaryl/α,β-unsaturated/α-hetero) is 2. The van der Waals surface area contributed by atoms with Crippen LogP contribution in [-0.4, -0.2) is 66.3 Å². The van der Waals surface area contributed by atoms with Crippen LogP contribution < -0.4 is 56.5 Å². The zero-order valence-electron chi connectivity index (χ0n) is 30.8. The molecule has 0 rings (SSSR count). The average molecular weight is 701 g/mol. The molecule has 0 saturated carbocycles. The third-order valence-electron chi connectivity index (χ3n) is 6.85. The van der Waals surface area contributed by atoms with Gasteiger partial charge in [0.25, 0.3) is 0 Å². The van der Waals surface area contributed by atoms with E-state index in [1.165, 1.54) is 0 Å². The van der Waals surface area contributed by atoms with Gasteiger partial charge in [-0.3, -0.25) is 28.8 Å². The van der Waals surface area contributed by atoms with E-state index < -0.39 is 36.3 Å². The molecule has 13 heteroatoms. The fraction of sp³-hybridized carbons (Fsp3) is 0.794. The van der Waals surface area contributed by atoms with Crippen molar-refractivity contribution in [3.63, 3.8) is 0 Å². The Labute approximate surface area is 325 Å². The number of carbonyl (C=O) groups is 7. The number of hydrogen-bond donors (Lipinski definition) is 1. The smallest absolute Gasteiger partial charge is 0.550 e. The van der Waals surface area contributed by atoms with Crippen LogP contribution >= 0.6 is 0 Å². The minimum absolute atomic E-state index is 0. The van der Waals surface area contributed by atoms with Crippen LogP contribution in [0.2, 0.25) is 0 Å². The van der Waals surface area contributed by atoms with E-state index in [0.717, 1.165) is 38.5 Å². The molecule has 0 spiro atoms. The van der Waals surface area contributed by atoms with Gasteiger partial charge in [0, 0.05) is 19.3 Å². The van der Waals surface area contributed by atoms with Crippen molar-refractivity contribution in [1.82, 2.24) is 0 Å². The van der Waals surface area contributed by atoms with Gasteiger partial charge in [-0.15, -0.1) is 0 Å². The van der Waals surface area contributed by atoms with Gasteiger partial charge >= 0.3 is 75.3 Å². The standard InChI is InChI=1S/2C11H20O3.C7H14O2.C5H8O4.K/c2*1-4-9(5-2)7-10(12)8-11(13)14-6-3;1-3-6(4-2)5-7(8)9;1-2-9-5(8)3-4(6)7;/h2*9H,4-8H2,1-3H3;6H,3-5H2,1-2H3,(H,8,9);2-3H2,1H3,(H,6,7);/q;;;;+1/p-1. The van der Waals surface area contributed by atoms with Gasteiger partial charge in [-0.05, 0) is 38.5 Å². The van der Waals surface area contributed by atoms with Crippen molar-refractivity contribution >= 4 is 41.4 Å². The first kappa shape index (κ1) is 54.8. The molecule has 0 aromatic heterocycles. The number of aliphatic carboxylic acids is 2. The van der Waals surface area contributed by atoms with Gasteiger partial charge in [-0.25, -0.2) is 0 Å². The van der Waals surface area contributed by atoms with E-state index in [9.17, 15) is 38.7 Å². The molecule has 270 valence electrons. The average Bonchev–Trinajstić information content (AvgIpc) is 2.98. The van der Waals surface area contributed by atoms with Gasteiger partial charge in [0.2, 0.25) is 0 Å². The van der Waals surface area contributed by atoms with Gasteiger partial charge < -0.3 is 29.2 Å². The van der Waals surface area contributed by atoms with Crippen molar-refractivity contribution in [1.29, 1.82) is 0 Å². The first-order valence-electron chi connectivity index (χ1n) is 16.6.